The van der Waals surface area contributed by atoms with Gasteiger partial charge in [-0.05, 0) is 42.7 Å². The van der Waals surface area contributed by atoms with Crippen LogP contribution in [0.15, 0.2) is 50.8 Å². The molecule has 4 rings (SSSR count). The number of carbonyl (C=O) groups excluding carboxylic acids is 1. The van der Waals surface area contributed by atoms with Gasteiger partial charge in [-0.15, -0.1) is 0 Å². The van der Waals surface area contributed by atoms with E-state index < -0.39 is 26.0 Å². The molecule has 12 heteroatoms. The molecule has 2 fully saturated rings. The average Bonchev–Trinajstić information content (AvgIpc) is 3.41. The number of furan rings is 1. The molecule has 1 saturated carbocycles. The van der Waals surface area contributed by atoms with Crippen molar-refractivity contribution in [3.63, 3.8) is 0 Å². The van der Waals surface area contributed by atoms with E-state index in [1.807, 2.05) is 0 Å². The second-order valence-electron chi connectivity index (χ2n) is 7.25. The molecule has 31 heavy (non-hydrogen) atoms. The lowest BCUT2D eigenvalue weighted by Gasteiger charge is -2.26. The Kier molecular flexibility index (Phi) is 6.17. The van der Waals surface area contributed by atoms with Crippen molar-refractivity contribution >= 4 is 26.0 Å². The molecule has 0 unspecified atom stereocenters. The zero-order valence-electron chi connectivity index (χ0n) is 16.5. The van der Waals surface area contributed by atoms with Gasteiger partial charge in [0.25, 0.3) is 10.0 Å². The standard InChI is InChI=1S/C19H22N2O8S2/c22-19(17-6-7-18(29-17)30(23,24)20-15-4-5-15)28-13-14-2-1-3-16(12-14)31(25,26)21-8-10-27-11-9-21/h1-3,6-7,12,15,20H,4-5,8-11,13H2. The number of esters is 1. The van der Waals surface area contributed by atoms with E-state index in [1.165, 1.54) is 28.6 Å². The summed E-state index contributed by atoms with van der Waals surface area (Å²) >= 11 is 0. The third-order valence-corrected chi connectivity index (χ3v) is 8.11. The third-order valence-electron chi connectivity index (χ3n) is 4.82. The van der Waals surface area contributed by atoms with E-state index in [0.29, 0.717) is 18.8 Å². The number of benzene rings is 1. The monoisotopic (exact) mass is 470 g/mol. The van der Waals surface area contributed by atoms with Crippen LogP contribution in [0.3, 0.4) is 0 Å². The number of carbonyl (C=O) groups is 1. The Labute approximate surface area is 180 Å². The van der Waals surface area contributed by atoms with Gasteiger partial charge in [-0.2, -0.15) is 4.31 Å². The number of sulfonamides is 2. The van der Waals surface area contributed by atoms with Crippen LogP contribution in [0.2, 0.25) is 0 Å². The van der Waals surface area contributed by atoms with Crippen molar-refractivity contribution in [3.05, 3.63) is 47.7 Å². The van der Waals surface area contributed by atoms with E-state index in [9.17, 15) is 21.6 Å². The number of nitrogens with one attached hydrogen (secondary N) is 1. The van der Waals surface area contributed by atoms with Gasteiger partial charge in [0.15, 0.2) is 0 Å². The van der Waals surface area contributed by atoms with Gasteiger partial charge in [0, 0.05) is 19.1 Å². The van der Waals surface area contributed by atoms with Crippen molar-refractivity contribution in [2.24, 2.45) is 0 Å². The molecular weight excluding hydrogens is 448 g/mol. The fraction of sp³-hybridized carbons (Fsp3) is 0.421. The first-order valence-electron chi connectivity index (χ1n) is 9.72. The van der Waals surface area contributed by atoms with E-state index in [-0.39, 0.29) is 41.5 Å². The van der Waals surface area contributed by atoms with Gasteiger partial charge in [-0.3, -0.25) is 0 Å². The predicted octanol–water partition coefficient (Wildman–Crippen LogP) is 1.10. The normalized spacial score (nSPS) is 18.1. The predicted molar refractivity (Wildman–Crippen MR) is 107 cm³/mol. The van der Waals surface area contributed by atoms with Crippen LogP contribution in [-0.2, 0) is 36.1 Å². The summed E-state index contributed by atoms with van der Waals surface area (Å²) in [6.07, 6.45) is 1.55. The number of nitrogens with zero attached hydrogens (tertiary/aromatic N) is 1. The highest BCUT2D eigenvalue weighted by atomic mass is 32.2. The quantitative estimate of drug-likeness (QED) is 0.567. The van der Waals surface area contributed by atoms with Crippen molar-refractivity contribution in [1.29, 1.82) is 0 Å². The molecule has 1 saturated heterocycles. The van der Waals surface area contributed by atoms with E-state index in [4.69, 9.17) is 13.9 Å². The van der Waals surface area contributed by atoms with Crippen LogP contribution in [0.4, 0.5) is 0 Å². The second-order valence-corrected chi connectivity index (χ2v) is 10.8. The zero-order chi connectivity index (χ0) is 22.1. The molecule has 2 aromatic rings. The molecule has 0 atom stereocenters. The summed E-state index contributed by atoms with van der Waals surface area (Å²) in [6.45, 7) is 1.04. The molecule has 2 aliphatic rings. The topological polar surface area (TPSA) is 132 Å². The Hall–Kier alpha value is -2.25. The molecule has 1 aliphatic carbocycles. The number of ether oxygens (including phenoxy) is 2. The molecule has 1 aromatic heterocycles. The minimum Gasteiger partial charge on any atom is -0.455 e. The van der Waals surface area contributed by atoms with Crippen molar-refractivity contribution in [1.82, 2.24) is 9.03 Å². The summed E-state index contributed by atoms with van der Waals surface area (Å²) in [6, 6.07) is 8.44. The molecule has 10 nitrogen and oxygen atoms in total. The summed E-state index contributed by atoms with van der Waals surface area (Å²) in [5.41, 5.74) is 0.470. The smallest absolute Gasteiger partial charge is 0.374 e. The van der Waals surface area contributed by atoms with Gasteiger partial charge in [-0.25, -0.2) is 26.4 Å². The molecule has 1 aromatic carbocycles. The van der Waals surface area contributed by atoms with Crippen molar-refractivity contribution in [2.45, 2.75) is 35.5 Å². The van der Waals surface area contributed by atoms with Crippen LogP contribution >= 0.6 is 0 Å². The lowest BCUT2D eigenvalue weighted by atomic mass is 10.2. The first-order valence-corrected chi connectivity index (χ1v) is 12.6. The zero-order valence-corrected chi connectivity index (χ0v) is 18.2. The van der Waals surface area contributed by atoms with Crippen LogP contribution in [0.5, 0.6) is 0 Å². The van der Waals surface area contributed by atoms with Crippen LogP contribution < -0.4 is 4.72 Å². The minimum atomic E-state index is -3.81. The van der Waals surface area contributed by atoms with Crippen LogP contribution in [0.25, 0.3) is 0 Å². The molecular formula is C19H22N2O8S2. The highest BCUT2D eigenvalue weighted by Crippen LogP contribution is 2.23. The Balaban J connectivity index is 1.40. The van der Waals surface area contributed by atoms with Gasteiger partial charge < -0.3 is 13.9 Å². The van der Waals surface area contributed by atoms with Crippen molar-refractivity contribution in [3.8, 4) is 0 Å². The van der Waals surface area contributed by atoms with Gasteiger partial charge in [0.1, 0.15) is 6.61 Å². The van der Waals surface area contributed by atoms with Crippen LogP contribution in [-0.4, -0.2) is 59.5 Å². The van der Waals surface area contributed by atoms with Gasteiger partial charge in [-0.1, -0.05) is 12.1 Å². The Bertz CT molecular complexity index is 1160. The molecule has 1 N–H and O–H groups in total. The fourth-order valence-electron chi connectivity index (χ4n) is 3.00. The lowest BCUT2D eigenvalue weighted by molar-refractivity contribution is 0.0430. The number of rotatable bonds is 8. The first kappa shape index (κ1) is 22.0. The number of hydrogen-bond donors (Lipinski definition) is 1. The second kappa shape index (κ2) is 8.71. The summed E-state index contributed by atoms with van der Waals surface area (Å²) in [7, 11) is -7.49. The maximum atomic E-state index is 12.8. The molecule has 0 bridgehead atoms. The van der Waals surface area contributed by atoms with Gasteiger partial charge in [0.05, 0.1) is 18.1 Å². The summed E-state index contributed by atoms with van der Waals surface area (Å²) in [5.74, 6) is -1.11. The number of morpholine rings is 1. The Morgan fingerprint density at radius 3 is 2.55 bits per heavy atom. The number of hydrogen-bond acceptors (Lipinski definition) is 8. The fourth-order valence-corrected chi connectivity index (χ4v) is 5.72. The molecule has 1 aliphatic heterocycles. The largest absolute Gasteiger partial charge is 0.455 e. The van der Waals surface area contributed by atoms with Crippen molar-refractivity contribution < 1.29 is 35.5 Å². The first-order chi connectivity index (χ1) is 14.8. The maximum Gasteiger partial charge on any atom is 0.374 e. The van der Waals surface area contributed by atoms with E-state index in [1.54, 1.807) is 12.1 Å². The highest BCUT2D eigenvalue weighted by Gasteiger charge is 2.30. The Morgan fingerprint density at radius 1 is 1.10 bits per heavy atom. The molecule has 2 heterocycles. The average molecular weight is 471 g/mol. The highest BCUT2D eigenvalue weighted by molar-refractivity contribution is 7.89. The SMILES string of the molecule is O=C(OCc1cccc(S(=O)(=O)N2CCOCC2)c1)c1ccc(S(=O)(=O)NC2CC2)o1. The molecule has 0 radical (unpaired) electrons. The lowest BCUT2D eigenvalue weighted by Crippen LogP contribution is -2.40. The van der Waals surface area contributed by atoms with E-state index >= 15 is 0 Å². The molecule has 168 valence electrons. The molecule has 0 spiro atoms. The van der Waals surface area contributed by atoms with E-state index in [0.717, 1.165) is 12.8 Å². The van der Waals surface area contributed by atoms with E-state index in [2.05, 4.69) is 4.72 Å². The third kappa shape index (κ3) is 5.15. The summed E-state index contributed by atoms with van der Waals surface area (Å²) < 4.78 is 69.1. The van der Waals surface area contributed by atoms with Crippen molar-refractivity contribution in [2.75, 3.05) is 26.3 Å². The van der Waals surface area contributed by atoms with Gasteiger partial charge >= 0.3 is 5.97 Å². The maximum absolute atomic E-state index is 12.8. The minimum absolute atomic E-state index is 0.0912. The van der Waals surface area contributed by atoms with Crippen LogP contribution in [0, 0.1) is 0 Å². The van der Waals surface area contributed by atoms with Crippen LogP contribution in [0.1, 0.15) is 29.0 Å². The summed E-state index contributed by atoms with van der Waals surface area (Å²) in [4.78, 5) is 12.3. The van der Waals surface area contributed by atoms with Gasteiger partial charge in [0.2, 0.25) is 20.9 Å². The summed E-state index contributed by atoms with van der Waals surface area (Å²) in [5, 5.41) is -0.357. The Morgan fingerprint density at radius 2 is 1.84 bits per heavy atom. The molecule has 0 amide bonds.